The van der Waals surface area contributed by atoms with E-state index >= 15 is 0 Å². The number of hydrogen-bond acceptors (Lipinski definition) is 1. The Bertz CT molecular complexity index is 250. The minimum Gasteiger partial charge on any atom is -0.345 e. The lowest BCUT2D eigenvalue weighted by Gasteiger charge is -2.03. The Morgan fingerprint density at radius 1 is 1.46 bits per heavy atom. The molecule has 0 aliphatic rings. The maximum Gasteiger partial charge on any atom is 0.176 e. The molecule has 2 heteroatoms. The molecule has 1 heterocycles. The van der Waals surface area contributed by atoms with Crippen molar-refractivity contribution in [1.29, 1.82) is 0 Å². The van der Waals surface area contributed by atoms with E-state index in [0.717, 1.165) is 18.7 Å². The fourth-order valence-corrected chi connectivity index (χ4v) is 1.17. The van der Waals surface area contributed by atoms with Crippen LogP contribution in [0.15, 0.2) is 18.3 Å². The zero-order valence-electron chi connectivity index (χ0n) is 9.00. The molecule has 74 valence electrons. The minimum absolute atomic E-state index is 0.142. The van der Waals surface area contributed by atoms with E-state index in [1.807, 2.05) is 36.7 Å². The monoisotopic (exact) mass is 181 g/mol. The molecule has 0 spiro atoms. The zero-order chi connectivity index (χ0) is 10.3. The first kappa shape index (κ1) is 11.9. The van der Waals surface area contributed by atoms with E-state index in [1.165, 1.54) is 0 Å². The molecule has 0 saturated heterocycles. The van der Waals surface area contributed by atoms with Crippen LogP contribution in [0, 0.1) is 0 Å². The maximum atomic E-state index is 11.0. The van der Waals surface area contributed by atoms with E-state index in [-0.39, 0.29) is 5.78 Å². The van der Waals surface area contributed by atoms with Gasteiger partial charge in [-0.15, -0.1) is 0 Å². The summed E-state index contributed by atoms with van der Waals surface area (Å²) in [6.07, 6.45) is 3.01. The summed E-state index contributed by atoms with van der Waals surface area (Å²) >= 11 is 0. The van der Waals surface area contributed by atoms with Gasteiger partial charge in [-0.25, -0.2) is 0 Å². The maximum absolute atomic E-state index is 11.0. The number of rotatable bonds is 3. The summed E-state index contributed by atoms with van der Waals surface area (Å²) < 4.78 is 1.99. The normalized spacial score (nSPS) is 8.92. The number of aromatic nitrogens is 1. The van der Waals surface area contributed by atoms with Gasteiger partial charge in [0.05, 0.1) is 5.69 Å². The highest BCUT2D eigenvalue weighted by atomic mass is 16.1. The number of hydrogen-bond donors (Lipinski definition) is 0. The number of aryl methyl sites for hydroxylation is 1. The predicted molar refractivity (Wildman–Crippen MR) is 56.1 cm³/mol. The second kappa shape index (κ2) is 6.46. The van der Waals surface area contributed by atoms with Crippen LogP contribution in [0.4, 0.5) is 0 Å². The van der Waals surface area contributed by atoms with E-state index in [2.05, 4.69) is 6.92 Å². The van der Waals surface area contributed by atoms with Crippen LogP contribution in [0.1, 0.15) is 44.6 Å². The summed E-state index contributed by atoms with van der Waals surface area (Å²) in [5.41, 5.74) is 0.812. The second-order valence-corrected chi connectivity index (χ2v) is 2.64. The van der Waals surface area contributed by atoms with Gasteiger partial charge in [0.15, 0.2) is 5.78 Å². The smallest absolute Gasteiger partial charge is 0.176 e. The van der Waals surface area contributed by atoms with Crippen molar-refractivity contribution in [3.05, 3.63) is 24.0 Å². The lowest BCUT2D eigenvalue weighted by Crippen LogP contribution is -2.04. The molecule has 0 atom stereocenters. The Balaban J connectivity index is 0.000000671. The fourth-order valence-electron chi connectivity index (χ4n) is 1.17. The van der Waals surface area contributed by atoms with Gasteiger partial charge in [0.2, 0.25) is 0 Å². The predicted octanol–water partition coefficient (Wildman–Crippen LogP) is 3.13. The molecule has 1 rings (SSSR count). The largest absolute Gasteiger partial charge is 0.345 e. The van der Waals surface area contributed by atoms with Crippen LogP contribution >= 0.6 is 0 Å². The molecule has 0 radical (unpaired) electrons. The summed E-state index contributed by atoms with van der Waals surface area (Å²) in [5.74, 6) is 0.142. The Kier molecular flexibility index (Phi) is 5.94. The van der Waals surface area contributed by atoms with Gasteiger partial charge in [-0.3, -0.25) is 4.79 Å². The fraction of sp³-hybridized carbons (Fsp3) is 0.545. The lowest BCUT2D eigenvalue weighted by molar-refractivity contribution is 0.100. The molecule has 0 aromatic carbocycles. The molecular weight excluding hydrogens is 162 g/mol. The Hall–Kier alpha value is -1.05. The molecule has 13 heavy (non-hydrogen) atoms. The summed E-state index contributed by atoms with van der Waals surface area (Å²) in [6, 6.07) is 3.77. The van der Waals surface area contributed by atoms with Crippen LogP contribution < -0.4 is 0 Å². The third kappa shape index (κ3) is 3.45. The molecule has 0 bridgehead atoms. The van der Waals surface area contributed by atoms with Crippen LogP contribution in [0.5, 0.6) is 0 Å². The Labute approximate surface area is 80.6 Å². The van der Waals surface area contributed by atoms with Crippen LogP contribution in [-0.4, -0.2) is 10.4 Å². The number of carbonyl (C=O) groups excluding carboxylic acids is 1. The molecule has 0 aliphatic carbocycles. The molecule has 0 unspecified atom stereocenters. The van der Waals surface area contributed by atoms with Crippen molar-refractivity contribution >= 4 is 5.78 Å². The number of carbonyl (C=O) groups is 1. The first-order valence-corrected chi connectivity index (χ1v) is 4.91. The summed E-state index contributed by atoms with van der Waals surface area (Å²) in [6.45, 7) is 8.63. The highest BCUT2D eigenvalue weighted by molar-refractivity contribution is 5.92. The van der Waals surface area contributed by atoms with Gasteiger partial charge < -0.3 is 4.57 Å². The van der Waals surface area contributed by atoms with Crippen LogP contribution in [-0.2, 0) is 6.54 Å². The van der Waals surface area contributed by atoms with Crippen molar-refractivity contribution < 1.29 is 4.79 Å². The van der Waals surface area contributed by atoms with Crippen molar-refractivity contribution in [3.63, 3.8) is 0 Å². The van der Waals surface area contributed by atoms with Crippen molar-refractivity contribution in [3.8, 4) is 0 Å². The van der Waals surface area contributed by atoms with E-state index in [1.54, 1.807) is 6.92 Å². The van der Waals surface area contributed by atoms with Gasteiger partial charge in [0, 0.05) is 19.7 Å². The Morgan fingerprint density at radius 2 is 2.08 bits per heavy atom. The van der Waals surface area contributed by atoms with Crippen LogP contribution in [0.25, 0.3) is 0 Å². The number of Topliss-reactive ketones (excluding diaryl/α,β-unsaturated/α-hetero) is 1. The van der Waals surface area contributed by atoms with Gasteiger partial charge in [-0.05, 0) is 18.6 Å². The molecule has 0 fully saturated rings. The Morgan fingerprint density at radius 3 is 2.54 bits per heavy atom. The molecular formula is C11H19NO. The minimum atomic E-state index is 0.142. The lowest BCUT2D eigenvalue weighted by atomic mass is 10.3. The molecule has 0 N–H and O–H groups in total. The van der Waals surface area contributed by atoms with E-state index in [0.29, 0.717) is 0 Å². The van der Waals surface area contributed by atoms with Gasteiger partial charge in [0.25, 0.3) is 0 Å². The third-order valence-electron chi connectivity index (χ3n) is 1.65. The average Bonchev–Trinajstić information content (AvgIpc) is 2.57. The van der Waals surface area contributed by atoms with E-state index in [9.17, 15) is 4.79 Å². The van der Waals surface area contributed by atoms with Crippen molar-refractivity contribution in [2.24, 2.45) is 0 Å². The van der Waals surface area contributed by atoms with Crippen molar-refractivity contribution in [2.75, 3.05) is 0 Å². The molecule has 0 aliphatic heterocycles. The van der Waals surface area contributed by atoms with E-state index in [4.69, 9.17) is 0 Å². The molecule has 0 amide bonds. The first-order chi connectivity index (χ1) is 6.25. The van der Waals surface area contributed by atoms with Crippen LogP contribution in [0.2, 0.25) is 0 Å². The number of ketones is 1. The van der Waals surface area contributed by atoms with Gasteiger partial charge in [-0.1, -0.05) is 20.8 Å². The number of nitrogens with zero attached hydrogens (tertiary/aromatic N) is 1. The van der Waals surface area contributed by atoms with Gasteiger partial charge in [-0.2, -0.15) is 0 Å². The summed E-state index contributed by atoms with van der Waals surface area (Å²) in [7, 11) is 0. The SMILES string of the molecule is CC.CCCn1cccc1C(C)=O. The van der Waals surface area contributed by atoms with Gasteiger partial charge in [0.1, 0.15) is 0 Å². The molecule has 2 nitrogen and oxygen atoms in total. The van der Waals surface area contributed by atoms with Gasteiger partial charge >= 0.3 is 0 Å². The van der Waals surface area contributed by atoms with Crippen molar-refractivity contribution in [2.45, 2.75) is 40.7 Å². The van der Waals surface area contributed by atoms with Crippen molar-refractivity contribution in [1.82, 2.24) is 4.57 Å². The highest BCUT2D eigenvalue weighted by Gasteiger charge is 2.03. The molecule has 1 aromatic rings. The van der Waals surface area contributed by atoms with E-state index < -0.39 is 0 Å². The quantitative estimate of drug-likeness (QED) is 0.657. The third-order valence-corrected chi connectivity index (χ3v) is 1.65. The molecule has 0 saturated carbocycles. The first-order valence-electron chi connectivity index (χ1n) is 4.91. The highest BCUT2D eigenvalue weighted by Crippen LogP contribution is 2.03. The zero-order valence-corrected chi connectivity index (χ0v) is 9.00. The van der Waals surface area contributed by atoms with Crippen LogP contribution in [0.3, 0.4) is 0 Å². The summed E-state index contributed by atoms with van der Waals surface area (Å²) in [4.78, 5) is 11.0. The summed E-state index contributed by atoms with van der Waals surface area (Å²) in [5, 5.41) is 0. The second-order valence-electron chi connectivity index (χ2n) is 2.64. The standard InChI is InChI=1S/C9H13NO.C2H6/c1-3-6-10-7-4-5-9(10)8(2)11;1-2/h4-5,7H,3,6H2,1-2H3;1-2H3. The average molecular weight is 181 g/mol. The topological polar surface area (TPSA) is 22.0 Å². The molecule has 1 aromatic heterocycles.